The molecule has 15 heteroatoms. The van der Waals surface area contributed by atoms with Crippen LogP contribution in [0.4, 0.5) is 14.4 Å². The first-order valence-electron chi connectivity index (χ1n) is 1.84. The van der Waals surface area contributed by atoms with Gasteiger partial charge in [-0.05, 0) is 18.5 Å². The Morgan fingerprint density at radius 2 is 0.389 bits per heavy atom. The van der Waals surface area contributed by atoms with Crippen LogP contribution in [0.5, 0.6) is 0 Å². The molecule has 0 saturated heterocycles. The molecule has 0 aliphatic heterocycles. The SMILES string of the molecule is O=C([O-])[O-].O=C([O-])[O-].O=C([O-])[O-].[K+].[K+].[K+].[K+].[K+].[K+]. The van der Waals surface area contributed by atoms with Gasteiger partial charge in [0.2, 0.25) is 0 Å². The molecular weight excluding hydrogens is 415 g/mol. The third-order valence-corrected chi connectivity index (χ3v) is 0. The fourth-order valence-corrected chi connectivity index (χ4v) is 0. The fraction of sp³-hybridized carbons (Fsp3) is 0. The third-order valence-electron chi connectivity index (χ3n) is 0. The molecule has 0 fully saturated rings. The smallest absolute Gasteiger partial charge is 0.652 e. The summed E-state index contributed by atoms with van der Waals surface area (Å²) < 4.78 is 0. The molecule has 0 N–H and O–H groups in total. The summed E-state index contributed by atoms with van der Waals surface area (Å²) >= 11 is 0. The number of carboxylic acid groups (broad SMARTS) is 6. The minimum absolute atomic E-state index is 0. The first-order valence-corrected chi connectivity index (χ1v) is 1.84. The molecule has 9 nitrogen and oxygen atoms in total. The first kappa shape index (κ1) is 56.2. The standard InChI is InChI=1S/3CH2O3.6K/c3*2-1(3)4;;;;;;/h3*(H2,2,3,4);;;;;;/q;;;6*+1/p-6. The van der Waals surface area contributed by atoms with E-state index in [-0.39, 0.29) is 308 Å². The maximum absolute atomic E-state index is 8.33. The van der Waals surface area contributed by atoms with Gasteiger partial charge in [-0.2, -0.15) is 0 Å². The maximum Gasteiger partial charge on any atom is 1.00 e. The molecule has 0 rings (SSSR count). The molecule has 0 heterocycles. The Kier molecular flexibility index (Phi) is 155. The molecule has 0 aromatic carbocycles. The summed E-state index contributed by atoms with van der Waals surface area (Å²) in [6, 6.07) is 0. The minimum atomic E-state index is -2.33. The van der Waals surface area contributed by atoms with Crippen LogP contribution in [0.25, 0.3) is 0 Å². The van der Waals surface area contributed by atoms with E-state index in [1.165, 1.54) is 0 Å². The van der Waals surface area contributed by atoms with E-state index in [9.17, 15) is 0 Å². The van der Waals surface area contributed by atoms with Crippen LogP contribution in [0.1, 0.15) is 0 Å². The zero-order valence-electron chi connectivity index (χ0n) is 11.2. The summed E-state index contributed by atoms with van der Waals surface area (Å²) in [5.41, 5.74) is 0. The van der Waals surface area contributed by atoms with Gasteiger partial charge in [0.05, 0.1) is 0 Å². The van der Waals surface area contributed by atoms with E-state index in [0.29, 0.717) is 0 Å². The zero-order chi connectivity index (χ0) is 10.7. The van der Waals surface area contributed by atoms with Crippen molar-refractivity contribution in [1.29, 1.82) is 0 Å². The van der Waals surface area contributed by atoms with Gasteiger partial charge >= 0.3 is 308 Å². The van der Waals surface area contributed by atoms with E-state index < -0.39 is 18.5 Å². The fourth-order valence-electron chi connectivity index (χ4n) is 0. The summed E-state index contributed by atoms with van der Waals surface area (Å²) in [5, 5.41) is 50.0. The summed E-state index contributed by atoms with van der Waals surface area (Å²) in [6.45, 7) is 0. The van der Waals surface area contributed by atoms with Gasteiger partial charge in [-0.15, -0.1) is 0 Å². The van der Waals surface area contributed by atoms with Crippen LogP contribution in [0.3, 0.4) is 0 Å². The van der Waals surface area contributed by atoms with Crippen molar-refractivity contribution in [2.24, 2.45) is 0 Å². The van der Waals surface area contributed by atoms with Crippen molar-refractivity contribution in [3.05, 3.63) is 0 Å². The van der Waals surface area contributed by atoms with Gasteiger partial charge in [-0.1, -0.05) is 0 Å². The van der Waals surface area contributed by atoms with Gasteiger partial charge in [0.15, 0.2) is 0 Å². The van der Waals surface area contributed by atoms with Crippen molar-refractivity contribution in [2.45, 2.75) is 0 Å². The quantitative estimate of drug-likeness (QED) is 0.346. The molecule has 0 aromatic rings. The first-order chi connectivity index (χ1) is 5.20. The normalized spacial score (nSPS) is 4.00. The zero-order valence-corrected chi connectivity index (χ0v) is 29.9. The molecule has 72 valence electrons. The number of carbonyl (C=O) groups is 3. The van der Waals surface area contributed by atoms with E-state index in [1.54, 1.807) is 0 Å². The third kappa shape index (κ3) is 208. The molecular formula is C3K6O9. The Hall–Kier alpha value is 7.63. The molecule has 0 amide bonds. The van der Waals surface area contributed by atoms with Crippen LogP contribution < -0.4 is 339 Å². The van der Waals surface area contributed by atoms with Crippen molar-refractivity contribution >= 4 is 18.5 Å². The molecule has 0 aliphatic carbocycles. The van der Waals surface area contributed by atoms with Gasteiger partial charge in [-0.25, -0.2) is 0 Å². The maximum atomic E-state index is 8.33. The van der Waals surface area contributed by atoms with Crippen molar-refractivity contribution in [3.63, 3.8) is 0 Å². The van der Waals surface area contributed by atoms with Crippen LogP contribution in [0.2, 0.25) is 0 Å². The Morgan fingerprint density at radius 3 is 0.389 bits per heavy atom. The van der Waals surface area contributed by atoms with Crippen molar-refractivity contribution < 1.29 is 353 Å². The summed E-state index contributed by atoms with van der Waals surface area (Å²) in [6.07, 6.45) is -7.00. The van der Waals surface area contributed by atoms with Crippen molar-refractivity contribution in [2.75, 3.05) is 0 Å². The number of hydrogen-bond donors (Lipinski definition) is 0. The van der Waals surface area contributed by atoms with Crippen LogP contribution in [-0.2, 0) is 0 Å². The molecule has 0 atom stereocenters. The Labute approximate surface area is 358 Å². The number of carbonyl (C=O) groups excluding carboxylic acids is 3. The van der Waals surface area contributed by atoms with E-state index in [1.807, 2.05) is 0 Å². The summed E-state index contributed by atoms with van der Waals surface area (Å²) in [4.78, 5) is 25.0. The van der Waals surface area contributed by atoms with E-state index in [2.05, 4.69) is 0 Å². The van der Waals surface area contributed by atoms with Crippen LogP contribution in [0, 0.1) is 0 Å². The average molecular weight is 415 g/mol. The topological polar surface area (TPSA) is 190 Å². The number of rotatable bonds is 0. The molecule has 0 aliphatic rings. The molecule has 0 radical (unpaired) electrons. The van der Waals surface area contributed by atoms with Crippen molar-refractivity contribution in [3.8, 4) is 0 Å². The van der Waals surface area contributed by atoms with Gasteiger partial charge < -0.3 is 45.0 Å². The van der Waals surface area contributed by atoms with E-state index in [0.717, 1.165) is 0 Å². The Bertz CT molecular complexity index is 124. The minimum Gasteiger partial charge on any atom is -0.652 e. The predicted octanol–water partition coefficient (Wildman–Crippen LogP) is -25.3. The average Bonchev–Trinajstić information content (AvgIpc) is 1.54. The molecule has 0 aromatic heterocycles. The molecule has 0 spiro atoms. The number of hydrogen-bond acceptors (Lipinski definition) is 9. The second-order valence-corrected chi connectivity index (χ2v) is 0.750. The monoisotopic (exact) mass is 414 g/mol. The van der Waals surface area contributed by atoms with Gasteiger partial charge in [-0.3, -0.25) is 0 Å². The van der Waals surface area contributed by atoms with E-state index in [4.69, 9.17) is 45.0 Å². The van der Waals surface area contributed by atoms with Crippen LogP contribution >= 0.6 is 0 Å². The summed E-state index contributed by atoms with van der Waals surface area (Å²) in [7, 11) is 0. The van der Waals surface area contributed by atoms with Crippen LogP contribution in [-0.4, -0.2) is 18.5 Å². The van der Waals surface area contributed by atoms with Gasteiger partial charge in [0.1, 0.15) is 0 Å². The molecule has 0 saturated carbocycles. The second-order valence-electron chi connectivity index (χ2n) is 0.750. The summed E-state index contributed by atoms with van der Waals surface area (Å²) in [5.74, 6) is 0. The predicted molar refractivity (Wildman–Crippen MR) is 16.2 cm³/mol. The molecule has 18 heavy (non-hydrogen) atoms. The van der Waals surface area contributed by atoms with Gasteiger partial charge in [0, 0.05) is 0 Å². The van der Waals surface area contributed by atoms with Crippen LogP contribution in [0.15, 0.2) is 0 Å². The largest absolute Gasteiger partial charge is 1.00 e. The molecule has 0 unspecified atom stereocenters. The van der Waals surface area contributed by atoms with Crippen molar-refractivity contribution in [1.82, 2.24) is 0 Å². The Morgan fingerprint density at radius 1 is 0.389 bits per heavy atom. The van der Waals surface area contributed by atoms with E-state index >= 15 is 0 Å². The molecule has 0 bridgehead atoms. The van der Waals surface area contributed by atoms with Gasteiger partial charge in [0.25, 0.3) is 0 Å². The Balaban J connectivity index is -0.00000000827. The second kappa shape index (κ2) is 49.7.